The number of para-hydroxylation sites is 1. The van der Waals surface area contributed by atoms with Gasteiger partial charge in [-0.25, -0.2) is 13.1 Å². The fraction of sp³-hybridized carbons (Fsp3) is 0.167. The third-order valence-electron chi connectivity index (χ3n) is 5.49. The molecule has 168 valence electrons. The molecule has 8 nitrogen and oxygen atoms in total. The summed E-state index contributed by atoms with van der Waals surface area (Å²) >= 11 is 0. The zero-order valence-corrected chi connectivity index (χ0v) is 18.9. The molecular formula is C24H22N4O4S. The molecule has 3 heterocycles. The maximum Gasteiger partial charge on any atom is 0.247 e. The van der Waals surface area contributed by atoms with Crippen molar-refractivity contribution in [3.63, 3.8) is 0 Å². The van der Waals surface area contributed by atoms with Gasteiger partial charge in [0.05, 0.1) is 31.0 Å². The summed E-state index contributed by atoms with van der Waals surface area (Å²) in [7, 11) is -1.99. The lowest BCUT2D eigenvalue weighted by Crippen LogP contribution is -2.25. The molecule has 0 aliphatic carbocycles. The lowest BCUT2D eigenvalue weighted by molar-refractivity contribution is 0.322. The second-order valence-electron chi connectivity index (χ2n) is 7.72. The lowest BCUT2D eigenvalue weighted by atomic mass is 10.0. The number of hydrogen-bond donors (Lipinski definition) is 0. The Balaban J connectivity index is 1.64. The summed E-state index contributed by atoms with van der Waals surface area (Å²) < 4.78 is 38.7. The lowest BCUT2D eigenvalue weighted by Gasteiger charge is -2.18. The second kappa shape index (κ2) is 8.25. The molecule has 2 aromatic heterocycles. The van der Waals surface area contributed by atoms with E-state index in [1.807, 2.05) is 60.8 Å². The SMILES string of the molecule is COc1ccc(-c2nn(-c3ccccc3)cc2C2=NN(S(C)(=O)=O)C(c3ccco3)C2)cc1. The summed E-state index contributed by atoms with van der Waals surface area (Å²) in [6.07, 6.45) is 4.93. The number of aromatic nitrogens is 2. The predicted octanol–water partition coefficient (Wildman–Crippen LogP) is 4.25. The topological polar surface area (TPSA) is 89.9 Å². The highest BCUT2D eigenvalue weighted by molar-refractivity contribution is 7.88. The van der Waals surface area contributed by atoms with Crippen LogP contribution in [-0.4, -0.2) is 41.7 Å². The zero-order chi connectivity index (χ0) is 23.0. The minimum absolute atomic E-state index is 0.365. The molecule has 5 rings (SSSR count). The van der Waals surface area contributed by atoms with Crippen LogP contribution < -0.4 is 4.74 Å². The Bertz CT molecular complexity index is 1390. The second-order valence-corrected chi connectivity index (χ2v) is 9.56. The van der Waals surface area contributed by atoms with Gasteiger partial charge in [-0.1, -0.05) is 18.2 Å². The highest BCUT2D eigenvalue weighted by atomic mass is 32.2. The van der Waals surface area contributed by atoms with Crippen molar-refractivity contribution in [1.29, 1.82) is 0 Å². The van der Waals surface area contributed by atoms with E-state index in [0.717, 1.165) is 33.2 Å². The Kier molecular flexibility index (Phi) is 5.26. The first-order valence-electron chi connectivity index (χ1n) is 10.3. The number of rotatable bonds is 6. The van der Waals surface area contributed by atoms with Crippen LogP contribution in [0.25, 0.3) is 16.9 Å². The van der Waals surface area contributed by atoms with Gasteiger partial charge >= 0.3 is 0 Å². The maximum atomic E-state index is 12.5. The van der Waals surface area contributed by atoms with Gasteiger partial charge in [0.1, 0.15) is 23.2 Å². The number of methoxy groups -OCH3 is 1. The monoisotopic (exact) mass is 462 g/mol. The quantitative estimate of drug-likeness (QED) is 0.427. The minimum atomic E-state index is -3.61. The summed E-state index contributed by atoms with van der Waals surface area (Å²) in [4.78, 5) is 0. The van der Waals surface area contributed by atoms with Crippen molar-refractivity contribution in [3.8, 4) is 22.7 Å². The number of nitrogens with zero attached hydrogens (tertiary/aromatic N) is 4. The largest absolute Gasteiger partial charge is 0.497 e. The van der Waals surface area contributed by atoms with E-state index in [2.05, 4.69) is 5.10 Å². The van der Waals surface area contributed by atoms with Crippen molar-refractivity contribution < 1.29 is 17.6 Å². The van der Waals surface area contributed by atoms with Crippen molar-refractivity contribution >= 4 is 15.7 Å². The number of ether oxygens (including phenoxy) is 1. The maximum absolute atomic E-state index is 12.5. The molecule has 0 amide bonds. The summed E-state index contributed by atoms with van der Waals surface area (Å²) in [5, 5.41) is 9.35. The van der Waals surface area contributed by atoms with Crippen LogP contribution in [0.4, 0.5) is 0 Å². The van der Waals surface area contributed by atoms with E-state index >= 15 is 0 Å². The molecule has 0 bridgehead atoms. The average molecular weight is 463 g/mol. The molecule has 0 spiro atoms. The predicted molar refractivity (Wildman–Crippen MR) is 125 cm³/mol. The number of hydrogen-bond acceptors (Lipinski definition) is 6. The van der Waals surface area contributed by atoms with E-state index in [9.17, 15) is 8.42 Å². The van der Waals surface area contributed by atoms with Crippen LogP contribution in [0.2, 0.25) is 0 Å². The van der Waals surface area contributed by atoms with E-state index in [1.165, 1.54) is 6.26 Å². The van der Waals surface area contributed by atoms with Crippen LogP contribution >= 0.6 is 0 Å². The summed E-state index contributed by atoms with van der Waals surface area (Å²) in [6.45, 7) is 0. The van der Waals surface area contributed by atoms with E-state index < -0.39 is 16.1 Å². The first-order valence-corrected chi connectivity index (χ1v) is 12.2. The van der Waals surface area contributed by atoms with E-state index in [-0.39, 0.29) is 0 Å². The highest BCUT2D eigenvalue weighted by Gasteiger charge is 2.37. The van der Waals surface area contributed by atoms with Gasteiger partial charge in [-0.3, -0.25) is 0 Å². The normalized spacial score (nSPS) is 16.1. The number of hydrazone groups is 1. The van der Waals surface area contributed by atoms with Crippen LogP contribution in [0.15, 0.2) is 88.7 Å². The van der Waals surface area contributed by atoms with Crippen molar-refractivity contribution in [2.24, 2.45) is 5.10 Å². The third-order valence-corrected chi connectivity index (χ3v) is 6.51. The van der Waals surface area contributed by atoms with Crippen LogP contribution in [0, 0.1) is 0 Å². The summed E-state index contributed by atoms with van der Waals surface area (Å²) in [5.74, 6) is 1.28. The Morgan fingerprint density at radius 3 is 2.42 bits per heavy atom. The van der Waals surface area contributed by atoms with Crippen molar-refractivity contribution in [3.05, 3.63) is 90.5 Å². The van der Waals surface area contributed by atoms with E-state index in [1.54, 1.807) is 23.9 Å². The van der Waals surface area contributed by atoms with Gasteiger partial charge in [0, 0.05) is 23.7 Å². The smallest absolute Gasteiger partial charge is 0.247 e. The number of benzene rings is 2. The van der Waals surface area contributed by atoms with Gasteiger partial charge in [0.2, 0.25) is 10.0 Å². The van der Waals surface area contributed by atoms with Crippen LogP contribution in [0.1, 0.15) is 23.8 Å². The molecule has 1 aliphatic heterocycles. The average Bonchev–Trinajstić information content (AvgIpc) is 3.58. The van der Waals surface area contributed by atoms with E-state index in [4.69, 9.17) is 14.3 Å². The fourth-order valence-electron chi connectivity index (χ4n) is 3.91. The Morgan fingerprint density at radius 2 is 1.79 bits per heavy atom. The molecule has 2 aromatic carbocycles. The first-order chi connectivity index (χ1) is 15.9. The molecule has 0 saturated carbocycles. The van der Waals surface area contributed by atoms with Crippen molar-refractivity contribution in [2.45, 2.75) is 12.5 Å². The minimum Gasteiger partial charge on any atom is -0.497 e. The molecule has 33 heavy (non-hydrogen) atoms. The van der Waals surface area contributed by atoms with Crippen LogP contribution in [-0.2, 0) is 10.0 Å². The highest BCUT2D eigenvalue weighted by Crippen LogP contribution is 2.37. The van der Waals surface area contributed by atoms with E-state index in [0.29, 0.717) is 23.6 Å². The first kappa shape index (κ1) is 21.0. The van der Waals surface area contributed by atoms with Crippen LogP contribution in [0.3, 0.4) is 0 Å². The van der Waals surface area contributed by atoms with Crippen LogP contribution in [0.5, 0.6) is 5.75 Å². The zero-order valence-electron chi connectivity index (χ0n) is 18.1. The molecule has 9 heteroatoms. The van der Waals surface area contributed by atoms with Crippen molar-refractivity contribution in [1.82, 2.24) is 14.2 Å². The Hall–Kier alpha value is -3.85. The summed E-state index contributed by atoms with van der Waals surface area (Å²) in [5.41, 5.74) is 3.84. The molecule has 4 aromatic rings. The Labute approximate surface area is 191 Å². The molecule has 1 atom stereocenters. The van der Waals surface area contributed by atoms with Gasteiger partial charge in [0.25, 0.3) is 0 Å². The number of sulfonamides is 1. The van der Waals surface area contributed by atoms with Gasteiger partial charge in [0.15, 0.2) is 0 Å². The third kappa shape index (κ3) is 4.03. The fourth-order valence-corrected chi connectivity index (χ4v) is 4.80. The molecule has 0 N–H and O–H groups in total. The molecular weight excluding hydrogens is 440 g/mol. The van der Waals surface area contributed by atoms with Gasteiger partial charge in [-0.15, -0.1) is 0 Å². The Morgan fingerprint density at radius 1 is 1.03 bits per heavy atom. The molecule has 0 saturated heterocycles. The van der Waals surface area contributed by atoms with Gasteiger partial charge in [-0.05, 0) is 48.5 Å². The van der Waals surface area contributed by atoms with Gasteiger partial charge in [-0.2, -0.15) is 14.6 Å². The molecule has 1 aliphatic rings. The van der Waals surface area contributed by atoms with Crippen molar-refractivity contribution in [2.75, 3.05) is 13.4 Å². The summed E-state index contributed by atoms with van der Waals surface area (Å²) in [6, 6.07) is 20.3. The van der Waals surface area contributed by atoms with Gasteiger partial charge < -0.3 is 9.15 Å². The molecule has 0 fully saturated rings. The molecule has 1 unspecified atom stereocenters. The number of furan rings is 1. The standard InChI is InChI=1S/C24H22N4O4S/c1-31-19-12-10-17(11-13-19)24-20(16-27(26-24)18-7-4-3-5-8-18)21-15-22(23-9-6-14-32-23)28(25-21)33(2,29)30/h3-14,16,22H,15H2,1-2H3. The molecule has 0 radical (unpaired) electrons.